The molecule has 1 atom stereocenters. The van der Waals surface area contributed by atoms with Crippen molar-refractivity contribution in [2.24, 2.45) is 0 Å². The van der Waals surface area contributed by atoms with Gasteiger partial charge in [-0.3, -0.25) is 0 Å². The Labute approximate surface area is 110 Å². The molecule has 2 rings (SSSR count). The van der Waals surface area contributed by atoms with Crippen LogP contribution >= 0.6 is 0 Å². The first-order chi connectivity index (χ1) is 9.15. The van der Waals surface area contributed by atoms with E-state index in [1.165, 1.54) is 10.9 Å². The molecule has 0 aliphatic rings. The number of halogens is 1. The molecule has 0 saturated heterocycles. The molecular weight excluding hydrogens is 247 g/mol. The van der Waals surface area contributed by atoms with Gasteiger partial charge in [0.1, 0.15) is 0 Å². The van der Waals surface area contributed by atoms with Crippen LogP contribution < -0.4 is 0 Å². The summed E-state index contributed by atoms with van der Waals surface area (Å²) in [5.41, 5.74) is 0.823. The monoisotopic (exact) mass is 262 g/mol. The normalized spacial score (nSPS) is 12.2. The molecule has 100 valence electrons. The van der Waals surface area contributed by atoms with Gasteiger partial charge in [-0.25, -0.2) is 9.78 Å². The number of hydrogen-bond donors (Lipinski definition) is 0. The molecule has 0 amide bonds. The number of carbonyl (C=O) groups excluding carboxylic acids is 1. The van der Waals surface area contributed by atoms with Crippen molar-refractivity contribution in [3.05, 3.63) is 53.9 Å². The molecule has 0 aliphatic carbocycles. The molecular formula is C14H15FN2O2. The maximum atomic E-state index is 13.6. The average Bonchev–Trinajstić information content (AvgIpc) is 2.81. The largest absolute Gasteiger partial charge is 0.461 e. The number of benzene rings is 1. The molecule has 2 aromatic rings. The highest BCUT2D eigenvalue weighted by Crippen LogP contribution is 2.21. The molecule has 19 heavy (non-hydrogen) atoms. The van der Waals surface area contributed by atoms with E-state index in [9.17, 15) is 9.18 Å². The number of imidazole rings is 1. The van der Waals surface area contributed by atoms with Crippen LogP contribution in [0.5, 0.6) is 0 Å². The van der Waals surface area contributed by atoms with Gasteiger partial charge in [0.2, 0.25) is 5.95 Å². The Morgan fingerprint density at radius 2 is 2.11 bits per heavy atom. The minimum Gasteiger partial charge on any atom is -0.461 e. The van der Waals surface area contributed by atoms with Crippen molar-refractivity contribution in [3.8, 4) is 0 Å². The fourth-order valence-electron chi connectivity index (χ4n) is 1.91. The fraction of sp³-hybridized carbons (Fsp3) is 0.286. The number of esters is 1. The maximum Gasteiger partial charge on any atom is 0.359 e. The second-order valence-corrected chi connectivity index (χ2v) is 4.10. The summed E-state index contributed by atoms with van der Waals surface area (Å²) in [6.45, 7) is 3.75. The van der Waals surface area contributed by atoms with Crippen LogP contribution in [0.1, 0.15) is 35.9 Å². The summed E-state index contributed by atoms with van der Waals surface area (Å²) < 4.78 is 20.0. The van der Waals surface area contributed by atoms with Crippen molar-refractivity contribution in [2.75, 3.05) is 6.61 Å². The van der Waals surface area contributed by atoms with Gasteiger partial charge in [-0.15, -0.1) is 0 Å². The van der Waals surface area contributed by atoms with Crippen LogP contribution in [0.15, 0.2) is 36.7 Å². The van der Waals surface area contributed by atoms with Crippen molar-refractivity contribution in [3.63, 3.8) is 0 Å². The average molecular weight is 262 g/mol. The fourth-order valence-corrected chi connectivity index (χ4v) is 1.91. The first kappa shape index (κ1) is 13.3. The summed E-state index contributed by atoms with van der Waals surface area (Å²) >= 11 is 0. The Balaban J connectivity index is 2.38. The number of nitrogens with zero attached hydrogens (tertiary/aromatic N) is 2. The van der Waals surface area contributed by atoms with Crippen LogP contribution in [0.4, 0.5) is 4.39 Å². The third-order valence-electron chi connectivity index (χ3n) is 2.92. The summed E-state index contributed by atoms with van der Waals surface area (Å²) in [5, 5.41) is 0. The highest BCUT2D eigenvalue weighted by Gasteiger charge is 2.23. The van der Waals surface area contributed by atoms with Crippen LogP contribution in [0.25, 0.3) is 0 Å². The Hall–Kier alpha value is -2.17. The molecule has 1 aromatic carbocycles. The third-order valence-corrected chi connectivity index (χ3v) is 2.92. The lowest BCUT2D eigenvalue weighted by Gasteiger charge is -2.16. The number of rotatable bonds is 4. The van der Waals surface area contributed by atoms with E-state index in [0.29, 0.717) is 0 Å². The van der Waals surface area contributed by atoms with Crippen LogP contribution in [0, 0.1) is 5.95 Å². The van der Waals surface area contributed by atoms with Crippen molar-refractivity contribution in [2.45, 2.75) is 19.9 Å². The zero-order valence-electron chi connectivity index (χ0n) is 10.8. The Morgan fingerprint density at radius 1 is 1.42 bits per heavy atom. The predicted molar refractivity (Wildman–Crippen MR) is 68.4 cm³/mol. The van der Waals surface area contributed by atoms with E-state index >= 15 is 0 Å². The molecule has 1 aromatic heterocycles. The smallest absolute Gasteiger partial charge is 0.359 e. The molecule has 4 nitrogen and oxygen atoms in total. The topological polar surface area (TPSA) is 44.1 Å². The quantitative estimate of drug-likeness (QED) is 0.796. The van der Waals surface area contributed by atoms with Gasteiger partial charge < -0.3 is 9.30 Å². The standard InChI is InChI=1S/C14H15FN2O2/c1-3-19-14(18)12-13(15)16-9-17(12)10(2)11-7-5-4-6-8-11/h4-10H,3H2,1-2H3/t10-/m1/s1. The second-order valence-electron chi connectivity index (χ2n) is 4.10. The molecule has 0 bridgehead atoms. The van der Waals surface area contributed by atoms with E-state index in [1.807, 2.05) is 37.3 Å². The minimum absolute atomic E-state index is 0.141. The maximum absolute atomic E-state index is 13.6. The molecule has 0 spiro atoms. The minimum atomic E-state index is -0.804. The number of hydrogen-bond acceptors (Lipinski definition) is 3. The predicted octanol–water partition coefficient (Wildman–Crippen LogP) is 2.81. The highest BCUT2D eigenvalue weighted by molar-refractivity contribution is 5.87. The van der Waals surface area contributed by atoms with Crippen molar-refractivity contribution in [1.29, 1.82) is 0 Å². The van der Waals surface area contributed by atoms with Crippen LogP contribution in [-0.2, 0) is 4.74 Å². The van der Waals surface area contributed by atoms with Gasteiger partial charge in [-0.2, -0.15) is 4.39 Å². The van der Waals surface area contributed by atoms with Crippen molar-refractivity contribution >= 4 is 5.97 Å². The first-order valence-corrected chi connectivity index (χ1v) is 6.09. The van der Waals surface area contributed by atoms with Gasteiger partial charge in [0.25, 0.3) is 0 Å². The van der Waals surface area contributed by atoms with Gasteiger partial charge in [-0.1, -0.05) is 30.3 Å². The van der Waals surface area contributed by atoms with E-state index < -0.39 is 11.9 Å². The van der Waals surface area contributed by atoms with Gasteiger partial charge in [0.15, 0.2) is 5.69 Å². The van der Waals surface area contributed by atoms with E-state index in [-0.39, 0.29) is 18.3 Å². The summed E-state index contributed by atoms with van der Waals surface area (Å²) in [6, 6.07) is 9.32. The summed E-state index contributed by atoms with van der Waals surface area (Å²) in [4.78, 5) is 15.3. The van der Waals surface area contributed by atoms with E-state index in [1.54, 1.807) is 6.92 Å². The summed E-state index contributed by atoms with van der Waals surface area (Å²) in [7, 11) is 0. The number of aromatic nitrogens is 2. The lowest BCUT2D eigenvalue weighted by molar-refractivity contribution is 0.0506. The van der Waals surface area contributed by atoms with E-state index in [2.05, 4.69) is 4.98 Å². The highest BCUT2D eigenvalue weighted by atomic mass is 19.1. The van der Waals surface area contributed by atoms with E-state index in [0.717, 1.165) is 5.56 Å². The van der Waals surface area contributed by atoms with Crippen LogP contribution in [-0.4, -0.2) is 22.1 Å². The SMILES string of the molecule is CCOC(=O)c1c(F)ncn1[C@H](C)c1ccccc1. The lowest BCUT2D eigenvalue weighted by atomic mass is 10.1. The molecule has 5 heteroatoms. The first-order valence-electron chi connectivity index (χ1n) is 6.09. The van der Waals surface area contributed by atoms with Crippen molar-refractivity contribution < 1.29 is 13.9 Å². The van der Waals surface area contributed by atoms with Crippen LogP contribution in [0.2, 0.25) is 0 Å². The van der Waals surface area contributed by atoms with Crippen LogP contribution in [0.3, 0.4) is 0 Å². The van der Waals surface area contributed by atoms with Crippen molar-refractivity contribution in [1.82, 2.24) is 9.55 Å². The molecule has 0 N–H and O–H groups in total. The summed E-state index contributed by atoms with van der Waals surface area (Å²) in [5.74, 6) is -1.50. The molecule has 0 fully saturated rings. The Kier molecular flexibility index (Phi) is 3.94. The zero-order valence-corrected chi connectivity index (χ0v) is 10.8. The zero-order chi connectivity index (χ0) is 13.8. The molecule has 0 aliphatic heterocycles. The third kappa shape index (κ3) is 2.65. The molecule has 1 heterocycles. The van der Waals surface area contributed by atoms with Gasteiger partial charge in [0, 0.05) is 0 Å². The van der Waals surface area contributed by atoms with E-state index in [4.69, 9.17) is 4.74 Å². The molecule has 0 saturated carbocycles. The molecule has 0 radical (unpaired) electrons. The lowest BCUT2D eigenvalue weighted by Crippen LogP contribution is -2.16. The summed E-state index contributed by atoms with van der Waals surface area (Å²) in [6.07, 6.45) is 1.32. The van der Waals surface area contributed by atoms with Gasteiger partial charge in [0.05, 0.1) is 19.0 Å². The Bertz CT molecular complexity index is 566. The second kappa shape index (κ2) is 5.65. The molecule has 0 unspecified atom stereocenters. The van der Waals surface area contributed by atoms with Gasteiger partial charge >= 0.3 is 5.97 Å². The number of carbonyl (C=O) groups is 1. The number of ether oxygens (including phenoxy) is 1. The van der Waals surface area contributed by atoms with Gasteiger partial charge in [-0.05, 0) is 19.4 Å². The Morgan fingerprint density at radius 3 is 2.74 bits per heavy atom.